The van der Waals surface area contributed by atoms with Gasteiger partial charge >= 0.3 is 0 Å². The Balaban J connectivity index is 1.72. The van der Waals surface area contributed by atoms with E-state index in [0.29, 0.717) is 26.3 Å². The van der Waals surface area contributed by atoms with Crippen LogP contribution in [0.4, 0.5) is 5.69 Å². The molecule has 1 aliphatic rings. The highest BCUT2D eigenvalue weighted by Gasteiger charge is 2.30. The van der Waals surface area contributed by atoms with Gasteiger partial charge in [0.2, 0.25) is 11.8 Å². The fourth-order valence-electron chi connectivity index (χ4n) is 2.58. The molecule has 0 radical (unpaired) electrons. The zero-order chi connectivity index (χ0) is 19.4. The number of hydrogen-bond donors (Lipinski definition) is 2. The van der Waals surface area contributed by atoms with Crippen molar-refractivity contribution in [3.05, 3.63) is 61.2 Å². The maximum atomic E-state index is 12.2. The van der Waals surface area contributed by atoms with Gasteiger partial charge in [-0.2, -0.15) is 5.26 Å². The molecule has 9 heteroatoms. The second kappa shape index (κ2) is 8.81. The van der Waals surface area contributed by atoms with Crippen molar-refractivity contribution in [2.75, 3.05) is 11.1 Å². The number of nitriles is 1. The predicted octanol–water partition coefficient (Wildman–Crippen LogP) is 4.77. The number of anilines is 1. The lowest BCUT2D eigenvalue weighted by atomic mass is 9.93. The molecule has 5 nitrogen and oxygen atoms in total. The number of nitrogens with zero attached hydrogens (tertiary/aromatic N) is 1. The molecule has 0 spiro atoms. The van der Waals surface area contributed by atoms with Crippen LogP contribution in [0.1, 0.15) is 17.2 Å². The topological polar surface area (TPSA) is 82.0 Å². The summed E-state index contributed by atoms with van der Waals surface area (Å²) in [6.45, 7) is 0. The molecule has 0 saturated heterocycles. The molecule has 2 aromatic rings. The summed E-state index contributed by atoms with van der Waals surface area (Å²) in [6, 6.07) is 10.8. The molecular formula is C18H13Cl2N3O2S2. The van der Waals surface area contributed by atoms with Gasteiger partial charge in [0.25, 0.3) is 0 Å². The Morgan fingerprint density at radius 3 is 2.89 bits per heavy atom. The number of nitrogens with one attached hydrogen (secondary N) is 2. The van der Waals surface area contributed by atoms with Gasteiger partial charge in [-0.25, -0.2) is 0 Å². The standard InChI is InChI=1S/C18H13Cl2N3O2S2/c19-10-3-4-14(13(20)6-10)22-17(25)9-27-18-12(8-21)11(7-16(24)23-18)15-2-1-5-26-15/h1-6,11H,7,9H2,(H,22,25)(H,23,24)/t11-/m0/s1. The summed E-state index contributed by atoms with van der Waals surface area (Å²) in [5.41, 5.74) is 0.921. The smallest absolute Gasteiger partial charge is 0.234 e. The number of halogens is 2. The van der Waals surface area contributed by atoms with E-state index in [4.69, 9.17) is 23.2 Å². The fraction of sp³-hybridized carbons (Fsp3) is 0.167. The van der Waals surface area contributed by atoms with Crippen molar-refractivity contribution in [3.8, 4) is 6.07 Å². The number of carbonyl (C=O) groups is 2. The average molecular weight is 438 g/mol. The van der Waals surface area contributed by atoms with E-state index in [1.54, 1.807) is 12.1 Å². The maximum absolute atomic E-state index is 12.2. The van der Waals surface area contributed by atoms with E-state index >= 15 is 0 Å². The van der Waals surface area contributed by atoms with Gasteiger partial charge in [-0.05, 0) is 29.6 Å². The van der Waals surface area contributed by atoms with Gasteiger partial charge in [0.05, 0.1) is 33.1 Å². The number of thioether (sulfide) groups is 1. The van der Waals surface area contributed by atoms with Crippen molar-refractivity contribution in [2.24, 2.45) is 0 Å². The van der Waals surface area contributed by atoms with Gasteiger partial charge in [-0.3, -0.25) is 9.59 Å². The summed E-state index contributed by atoms with van der Waals surface area (Å²) in [7, 11) is 0. The molecule has 1 aliphatic heterocycles. The third-order valence-electron chi connectivity index (χ3n) is 3.80. The minimum Gasteiger partial charge on any atom is -0.324 e. The van der Waals surface area contributed by atoms with Crippen molar-refractivity contribution in [1.29, 1.82) is 5.26 Å². The van der Waals surface area contributed by atoms with E-state index in [0.717, 1.165) is 16.6 Å². The van der Waals surface area contributed by atoms with E-state index < -0.39 is 0 Å². The first kappa shape index (κ1) is 19.8. The van der Waals surface area contributed by atoms with Crippen LogP contribution in [0.25, 0.3) is 0 Å². The normalized spacial score (nSPS) is 16.6. The molecule has 2 heterocycles. The first-order chi connectivity index (χ1) is 13.0. The molecule has 2 N–H and O–H groups in total. The van der Waals surface area contributed by atoms with Crippen LogP contribution < -0.4 is 10.6 Å². The number of thiophene rings is 1. The number of rotatable bonds is 5. The molecule has 0 aliphatic carbocycles. The van der Waals surface area contributed by atoms with E-state index in [9.17, 15) is 14.9 Å². The van der Waals surface area contributed by atoms with Gasteiger partial charge in [-0.15, -0.1) is 11.3 Å². The monoisotopic (exact) mass is 437 g/mol. The molecule has 2 amide bonds. The van der Waals surface area contributed by atoms with Crippen molar-refractivity contribution >= 4 is 63.8 Å². The molecule has 0 saturated carbocycles. The van der Waals surface area contributed by atoms with Gasteiger partial charge in [0, 0.05) is 22.2 Å². The largest absolute Gasteiger partial charge is 0.324 e. The number of amides is 2. The van der Waals surface area contributed by atoms with Crippen LogP contribution in [0.5, 0.6) is 0 Å². The minimum atomic E-state index is -0.304. The van der Waals surface area contributed by atoms with E-state index in [-0.39, 0.29) is 29.9 Å². The molecule has 1 aromatic heterocycles. The van der Waals surface area contributed by atoms with Crippen LogP contribution in [0.15, 0.2) is 46.3 Å². The van der Waals surface area contributed by atoms with Crippen LogP contribution >= 0.6 is 46.3 Å². The quantitative estimate of drug-likeness (QED) is 0.705. The summed E-state index contributed by atoms with van der Waals surface area (Å²) in [5.74, 6) is -0.728. The number of carbonyl (C=O) groups excluding carboxylic acids is 2. The van der Waals surface area contributed by atoms with Crippen molar-refractivity contribution < 1.29 is 9.59 Å². The minimum absolute atomic E-state index is 0.0247. The van der Waals surface area contributed by atoms with Crippen LogP contribution in [-0.4, -0.2) is 17.6 Å². The Labute approximate surface area is 174 Å². The van der Waals surface area contributed by atoms with Crippen LogP contribution in [0, 0.1) is 11.3 Å². The Morgan fingerprint density at radius 2 is 2.22 bits per heavy atom. The highest BCUT2D eigenvalue weighted by atomic mass is 35.5. The Morgan fingerprint density at radius 1 is 1.41 bits per heavy atom. The van der Waals surface area contributed by atoms with Crippen molar-refractivity contribution in [2.45, 2.75) is 12.3 Å². The van der Waals surface area contributed by atoms with Gasteiger partial charge in [0.1, 0.15) is 0 Å². The van der Waals surface area contributed by atoms with E-state index in [2.05, 4.69) is 16.7 Å². The summed E-state index contributed by atoms with van der Waals surface area (Å²) < 4.78 is 0. The Bertz CT molecular complexity index is 952. The second-order valence-corrected chi connectivity index (χ2v) is 8.44. The molecular weight excluding hydrogens is 425 g/mol. The zero-order valence-corrected chi connectivity index (χ0v) is 16.9. The molecule has 27 heavy (non-hydrogen) atoms. The highest BCUT2D eigenvalue weighted by molar-refractivity contribution is 8.03. The van der Waals surface area contributed by atoms with Crippen LogP contribution in [-0.2, 0) is 9.59 Å². The van der Waals surface area contributed by atoms with E-state index in [1.807, 2.05) is 17.5 Å². The first-order valence-electron chi connectivity index (χ1n) is 7.83. The summed E-state index contributed by atoms with van der Waals surface area (Å²) in [4.78, 5) is 25.3. The number of benzene rings is 1. The van der Waals surface area contributed by atoms with Crippen LogP contribution in [0.2, 0.25) is 10.0 Å². The third-order valence-corrected chi connectivity index (χ3v) is 6.35. The average Bonchev–Trinajstić information content (AvgIpc) is 3.16. The summed E-state index contributed by atoms with van der Waals surface area (Å²) in [6.07, 6.45) is 0.222. The molecule has 0 unspecified atom stereocenters. The molecule has 138 valence electrons. The second-order valence-electron chi connectivity index (χ2n) is 5.64. The van der Waals surface area contributed by atoms with Crippen molar-refractivity contribution in [3.63, 3.8) is 0 Å². The highest BCUT2D eigenvalue weighted by Crippen LogP contribution is 2.37. The molecule has 0 fully saturated rings. The van der Waals surface area contributed by atoms with Crippen molar-refractivity contribution in [1.82, 2.24) is 5.32 Å². The lowest BCUT2D eigenvalue weighted by Gasteiger charge is -2.23. The molecule has 3 rings (SSSR count). The van der Waals surface area contributed by atoms with Gasteiger partial charge in [-0.1, -0.05) is 41.0 Å². The Kier molecular flexibility index (Phi) is 6.45. The predicted molar refractivity (Wildman–Crippen MR) is 110 cm³/mol. The Hall–Kier alpha value is -1.98. The lowest BCUT2D eigenvalue weighted by Crippen LogP contribution is -2.31. The van der Waals surface area contributed by atoms with Crippen LogP contribution in [0.3, 0.4) is 0 Å². The first-order valence-corrected chi connectivity index (χ1v) is 10.4. The van der Waals surface area contributed by atoms with Gasteiger partial charge in [0.15, 0.2) is 0 Å². The lowest BCUT2D eigenvalue weighted by molar-refractivity contribution is -0.121. The molecule has 1 atom stereocenters. The number of hydrogen-bond acceptors (Lipinski definition) is 5. The maximum Gasteiger partial charge on any atom is 0.234 e. The van der Waals surface area contributed by atoms with E-state index in [1.165, 1.54) is 17.4 Å². The fourth-order valence-corrected chi connectivity index (χ4v) is 4.75. The SMILES string of the molecule is N#CC1=C(SCC(=O)Nc2ccc(Cl)cc2Cl)NC(=O)C[C@@H]1c1cccs1. The molecule has 0 bridgehead atoms. The zero-order valence-electron chi connectivity index (χ0n) is 13.8. The third kappa shape index (κ3) is 4.85. The molecule has 1 aromatic carbocycles. The van der Waals surface area contributed by atoms with Gasteiger partial charge < -0.3 is 10.6 Å². The summed E-state index contributed by atoms with van der Waals surface area (Å²) in [5, 5.41) is 18.1. The number of allylic oxidation sites excluding steroid dienone is 1. The summed E-state index contributed by atoms with van der Waals surface area (Å²) >= 11 is 14.5.